The molecule has 0 spiro atoms. The summed E-state index contributed by atoms with van der Waals surface area (Å²) in [5.41, 5.74) is 0.0994. The van der Waals surface area contributed by atoms with Crippen LogP contribution in [0.4, 0.5) is 13.9 Å². The van der Waals surface area contributed by atoms with Crippen molar-refractivity contribution in [1.82, 2.24) is 14.9 Å². The van der Waals surface area contributed by atoms with Gasteiger partial charge in [-0.25, -0.2) is 18.7 Å². The molecule has 1 saturated heterocycles. The number of pyridine rings is 1. The Balaban J connectivity index is 1.24. The molecule has 6 atom stereocenters. The summed E-state index contributed by atoms with van der Waals surface area (Å²) < 4.78 is 62.2. The minimum Gasteiger partial charge on any atom is -0.495 e. The summed E-state index contributed by atoms with van der Waals surface area (Å²) in [6, 6.07) is 7.37. The quantitative estimate of drug-likeness (QED) is 0.0590. The number of nitrogens with one attached hydrogen (secondary N) is 1. The number of ketones is 1. The summed E-state index contributed by atoms with van der Waals surface area (Å²) >= 11 is 8.27. The molecule has 1 unspecified atom stereocenters. The van der Waals surface area contributed by atoms with Crippen LogP contribution in [0.3, 0.4) is 0 Å². The van der Waals surface area contributed by atoms with Gasteiger partial charge >= 0.3 is 5.97 Å². The number of methoxy groups -OCH3 is 1. The third kappa shape index (κ3) is 9.88. The number of carbonyl (C=O) groups is 3. The first-order valence-electron chi connectivity index (χ1n) is 21.7. The van der Waals surface area contributed by atoms with Gasteiger partial charge in [-0.15, -0.1) is 17.9 Å². The second-order valence-electron chi connectivity index (χ2n) is 18.7. The van der Waals surface area contributed by atoms with E-state index in [1.807, 2.05) is 40.0 Å². The third-order valence-electron chi connectivity index (χ3n) is 12.8. The number of fused-ring (bicyclic) bond motifs is 1. The van der Waals surface area contributed by atoms with Crippen LogP contribution in [-0.2, 0) is 29.8 Å². The Morgan fingerprint density at radius 1 is 1.09 bits per heavy atom. The lowest BCUT2D eigenvalue weighted by molar-refractivity contribution is -0.156. The summed E-state index contributed by atoms with van der Waals surface area (Å²) in [7, 11) is -3.01. The maximum Gasteiger partial charge on any atom is 0.306 e. The molecule has 12 nitrogen and oxygen atoms in total. The molecule has 3 heterocycles. The second kappa shape index (κ2) is 18.8. The fourth-order valence-electron chi connectivity index (χ4n) is 9.11. The number of amides is 1. The lowest BCUT2D eigenvalue weighted by atomic mass is 9.77. The van der Waals surface area contributed by atoms with E-state index < -0.39 is 89.4 Å². The number of Topliss-reactive ketones (excluding diaryl/α,β-unsaturated/α-hetero) is 1. The Kier molecular flexibility index (Phi) is 14.0. The smallest absolute Gasteiger partial charge is 0.306 e. The van der Waals surface area contributed by atoms with Gasteiger partial charge in [-0.05, 0) is 81.5 Å². The summed E-state index contributed by atoms with van der Waals surface area (Å²) in [5.74, 6) is -4.18. The van der Waals surface area contributed by atoms with Gasteiger partial charge in [-0.3, -0.25) is 18.9 Å². The van der Waals surface area contributed by atoms with Crippen molar-refractivity contribution < 1.29 is 46.8 Å². The first-order chi connectivity index (χ1) is 30.2. The van der Waals surface area contributed by atoms with Gasteiger partial charge in [0.25, 0.3) is 0 Å². The van der Waals surface area contributed by atoms with Gasteiger partial charge in [0.05, 0.1) is 54.6 Å². The normalized spacial score (nSPS) is 22.6. The van der Waals surface area contributed by atoms with Gasteiger partial charge in [-0.1, -0.05) is 44.5 Å². The van der Waals surface area contributed by atoms with E-state index in [-0.39, 0.29) is 43.0 Å². The van der Waals surface area contributed by atoms with Gasteiger partial charge in [0, 0.05) is 41.3 Å². The Morgan fingerprint density at radius 2 is 1.80 bits per heavy atom. The third-order valence-corrected chi connectivity index (χ3v) is 16.7. The van der Waals surface area contributed by atoms with Crippen molar-refractivity contribution in [2.45, 2.75) is 122 Å². The Bertz CT molecular complexity index is 2470. The molecule has 2 aromatic carbocycles. The van der Waals surface area contributed by atoms with Crippen LogP contribution < -0.4 is 14.8 Å². The SMILES string of the molecule is C=C[C@@H]1C[C@]1(CC(=O)[C@@H]1C[C@@H](Oc2cc(-c3csc(NC(C)C)n3)nc3c(Cl)c(OC)ccc23)CN1C(=O)[C@@H](CC(=O)OC1CCCC1)C(C)(C)C)P(=O)(O)Cc1c(F)cccc1F. The molecular weight excluding hydrogens is 885 g/mol. The van der Waals surface area contributed by atoms with Crippen molar-refractivity contribution in [3.8, 4) is 22.9 Å². The summed E-state index contributed by atoms with van der Waals surface area (Å²) in [5, 5.41) is 5.06. The number of rotatable bonds is 17. The summed E-state index contributed by atoms with van der Waals surface area (Å²) in [6.07, 6.45) is 2.48. The van der Waals surface area contributed by atoms with Crippen LogP contribution in [0.2, 0.25) is 5.02 Å². The number of aromatic nitrogens is 2. The number of benzene rings is 2. The average Bonchev–Trinajstić information content (AvgIpc) is 3.62. The van der Waals surface area contributed by atoms with Crippen molar-refractivity contribution >= 4 is 64.0 Å². The highest BCUT2D eigenvalue weighted by Crippen LogP contribution is 2.74. The highest BCUT2D eigenvalue weighted by atomic mass is 35.5. The van der Waals surface area contributed by atoms with Gasteiger partial charge in [0.2, 0.25) is 13.3 Å². The van der Waals surface area contributed by atoms with Crippen molar-refractivity contribution in [2.75, 3.05) is 19.0 Å². The van der Waals surface area contributed by atoms with Crippen LogP contribution in [0, 0.1) is 28.9 Å². The van der Waals surface area contributed by atoms with E-state index in [1.54, 1.807) is 18.2 Å². The van der Waals surface area contributed by atoms with E-state index in [2.05, 4.69) is 11.9 Å². The standard InChI is InChI=1S/C47H56ClF2N4O8PS/c1-8-27-21-47(27,63(58,59)24-31-33(49)14-11-15-34(31)50)22-38(55)37-18-29(23-54(37)44(57)32(46(4,5)6)19-41(56)62-28-12-9-10-13-28)61-40-20-35(36-25-64-45(53-36)51-26(2)3)52-43-30(40)16-17-39(60-7)42(43)48/h8,11,14-17,20,25-29,32,37H,1,9-10,12-13,18-19,21-24H2,2-7H3,(H,51,53)(H,58,59)/t27-,29-,32-,37+,47-/m1/s1. The molecule has 2 N–H and O–H groups in total. The van der Waals surface area contributed by atoms with E-state index >= 15 is 0 Å². The van der Waals surface area contributed by atoms with E-state index in [9.17, 15) is 32.6 Å². The largest absolute Gasteiger partial charge is 0.495 e. The average molecular weight is 941 g/mol. The van der Waals surface area contributed by atoms with Crippen molar-refractivity contribution in [1.29, 1.82) is 0 Å². The molecule has 0 bridgehead atoms. The molecule has 2 aliphatic carbocycles. The molecule has 3 aliphatic rings. The number of anilines is 1. The molecule has 344 valence electrons. The van der Waals surface area contributed by atoms with Crippen LogP contribution in [0.1, 0.15) is 91.5 Å². The first-order valence-corrected chi connectivity index (χ1v) is 24.8. The number of thiazole rings is 1. The zero-order chi connectivity index (χ0) is 46.3. The Labute approximate surface area is 381 Å². The minimum atomic E-state index is -4.51. The zero-order valence-electron chi connectivity index (χ0n) is 37.0. The molecule has 1 amide bonds. The van der Waals surface area contributed by atoms with Crippen LogP contribution in [-0.4, -0.2) is 80.5 Å². The number of hydrogen-bond acceptors (Lipinski definition) is 11. The highest BCUT2D eigenvalue weighted by Gasteiger charge is 2.65. The van der Waals surface area contributed by atoms with Gasteiger partial charge in [-0.2, -0.15) is 0 Å². The van der Waals surface area contributed by atoms with E-state index in [1.165, 1.54) is 35.5 Å². The highest BCUT2D eigenvalue weighted by molar-refractivity contribution is 7.59. The summed E-state index contributed by atoms with van der Waals surface area (Å²) in [6.45, 7) is 13.3. The molecule has 4 aromatic rings. The van der Waals surface area contributed by atoms with Crippen molar-refractivity contribution in [3.63, 3.8) is 0 Å². The number of nitrogens with zero attached hydrogens (tertiary/aromatic N) is 3. The fraction of sp³-hybridized carbons (Fsp3) is 0.511. The van der Waals surface area contributed by atoms with Crippen LogP contribution in [0.5, 0.6) is 11.5 Å². The van der Waals surface area contributed by atoms with E-state index in [0.29, 0.717) is 38.9 Å². The Hall–Kier alpha value is -4.43. The molecule has 3 fully saturated rings. The number of halogens is 3. The molecule has 2 saturated carbocycles. The van der Waals surface area contributed by atoms with Gasteiger partial charge in [0.1, 0.15) is 46.1 Å². The molecule has 2 aromatic heterocycles. The fourth-order valence-corrected chi connectivity index (χ4v) is 12.8. The number of ether oxygens (including phenoxy) is 3. The molecule has 17 heteroatoms. The maximum absolute atomic E-state index is 15.0. The second-order valence-corrected chi connectivity index (χ2v) is 22.5. The van der Waals surface area contributed by atoms with Crippen LogP contribution in [0.15, 0.2) is 54.4 Å². The minimum absolute atomic E-state index is 0.0113. The summed E-state index contributed by atoms with van der Waals surface area (Å²) in [4.78, 5) is 66.0. The number of likely N-dealkylation sites (tertiary alicyclic amines) is 1. The first kappa shape index (κ1) is 47.5. The monoisotopic (exact) mass is 940 g/mol. The van der Waals surface area contributed by atoms with Crippen molar-refractivity contribution in [2.24, 2.45) is 17.3 Å². The van der Waals surface area contributed by atoms with E-state index in [4.69, 9.17) is 35.8 Å². The number of hydrogen-bond donors (Lipinski definition) is 2. The lowest BCUT2D eigenvalue weighted by Crippen LogP contribution is -2.48. The zero-order valence-corrected chi connectivity index (χ0v) is 39.5. The molecule has 64 heavy (non-hydrogen) atoms. The number of carbonyl (C=O) groups excluding carboxylic acids is 3. The molecule has 1 aliphatic heterocycles. The predicted octanol–water partition coefficient (Wildman–Crippen LogP) is 10.4. The molecular formula is C47H56ClF2N4O8PS. The van der Waals surface area contributed by atoms with Crippen LogP contribution in [0.25, 0.3) is 22.3 Å². The molecule has 0 radical (unpaired) electrons. The topological polar surface area (TPSA) is 157 Å². The van der Waals surface area contributed by atoms with Crippen LogP contribution >= 0.6 is 30.3 Å². The number of esters is 1. The van der Waals surface area contributed by atoms with Gasteiger partial charge in [0.15, 0.2) is 10.9 Å². The predicted molar refractivity (Wildman–Crippen MR) is 244 cm³/mol. The van der Waals surface area contributed by atoms with E-state index in [0.717, 1.165) is 37.8 Å². The van der Waals surface area contributed by atoms with Crippen molar-refractivity contribution in [3.05, 3.63) is 76.7 Å². The number of allylic oxidation sites excluding steroid dienone is 1. The maximum atomic E-state index is 15.0. The Morgan fingerprint density at radius 3 is 2.42 bits per heavy atom. The van der Waals surface area contributed by atoms with Gasteiger partial charge < -0.3 is 29.3 Å². The lowest BCUT2D eigenvalue weighted by Gasteiger charge is -2.35. The molecule has 7 rings (SSSR count).